The van der Waals surface area contributed by atoms with E-state index in [9.17, 15) is 0 Å². The van der Waals surface area contributed by atoms with Crippen molar-refractivity contribution in [1.82, 2.24) is 24.9 Å². The van der Waals surface area contributed by atoms with E-state index in [4.69, 9.17) is 4.74 Å². The smallest absolute Gasteiger partial charge is 0.194 e. The van der Waals surface area contributed by atoms with Gasteiger partial charge in [0.1, 0.15) is 0 Å². The Bertz CT molecular complexity index is 862. The minimum Gasteiger partial charge on any atom is -0.373 e. The van der Waals surface area contributed by atoms with Crippen LogP contribution in [0.25, 0.3) is 0 Å². The van der Waals surface area contributed by atoms with Crippen molar-refractivity contribution in [2.75, 3.05) is 33.3 Å². The fourth-order valence-electron chi connectivity index (χ4n) is 4.52. The fraction of sp³-hybridized carbons (Fsp3) is 0.545. The van der Waals surface area contributed by atoms with Crippen molar-refractivity contribution < 1.29 is 4.74 Å². The Kier molecular flexibility index (Phi) is 5.87. The molecule has 2 fully saturated rings. The first kappa shape index (κ1) is 19.9. The summed E-state index contributed by atoms with van der Waals surface area (Å²) in [5, 5.41) is 8.06. The molecule has 29 heavy (non-hydrogen) atoms. The number of nitrogens with zero attached hydrogens (tertiary/aromatic N) is 5. The summed E-state index contributed by atoms with van der Waals surface area (Å²) < 4.78 is 8.06. The Balaban J connectivity index is 1.41. The van der Waals surface area contributed by atoms with E-state index in [1.165, 1.54) is 16.8 Å². The van der Waals surface area contributed by atoms with Crippen molar-refractivity contribution in [3.63, 3.8) is 0 Å². The van der Waals surface area contributed by atoms with Crippen LogP contribution in [0.5, 0.6) is 0 Å². The molecule has 2 aromatic rings. The number of likely N-dealkylation sites (tertiary alicyclic amines) is 1. The number of morpholine rings is 1. The predicted molar refractivity (Wildman–Crippen MR) is 115 cm³/mol. The molecule has 4 rings (SSSR count). The third kappa shape index (κ3) is 4.16. The van der Waals surface area contributed by atoms with Crippen LogP contribution in [0.1, 0.15) is 22.5 Å². The van der Waals surface area contributed by atoms with E-state index >= 15 is 0 Å². The summed E-state index contributed by atoms with van der Waals surface area (Å²) in [6, 6.07) is 11.1. The molecule has 2 aliphatic heterocycles. The molecule has 2 saturated heterocycles. The average Bonchev–Trinajstić information content (AvgIpc) is 3.26. The van der Waals surface area contributed by atoms with Gasteiger partial charge in [0.05, 0.1) is 24.4 Å². The van der Waals surface area contributed by atoms with Gasteiger partial charge in [-0.3, -0.25) is 14.6 Å². The molecule has 0 amide bonds. The van der Waals surface area contributed by atoms with Gasteiger partial charge >= 0.3 is 0 Å². The van der Waals surface area contributed by atoms with Gasteiger partial charge in [-0.2, -0.15) is 5.10 Å². The standard InChI is InChI=1S/C22H32N6O/c1-16-19(17(2)26(4)25-16)12-24-22(23-3)28-14-20-21(15-28)29-11-10-27(20)13-18-8-6-5-7-9-18/h5-9,20-21H,10-15H2,1-4H3,(H,23,24). The second-order valence-electron chi connectivity index (χ2n) is 8.01. The summed E-state index contributed by atoms with van der Waals surface area (Å²) in [5.41, 5.74) is 4.86. The predicted octanol–water partition coefficient (Wildman–Crippen LogP) is 1.70. The van der Waals surface area contributed by atoms with Gasteiger partial charge in [0.15, 0.2) is 5.96 Å². The summed E-state index contributed by atoms with van der Waals surface area (Å²) in [5.74, 6) is 0.935. The molecule has 2 atom stereocenters. The third-order valence-corrected chi connectivity index (χ3v) is 6.24. The number of rotatable bonds is 4. The highest BCUT2D eigenvalue weighted by Crippen LogP contribution is 2.25. The number of ether oxygens (including phenoxy) is 1. The van der Waals surface area contributed by atoms with E-state index in [1.54, 1.807) is 0 Å². The van der Waals surface area contributed by atoms with Crippen molar-refractivity contribution in [3.05, 3.63) is 52.8 Å². The van der Waals surface area contributed by atoms with Crippen LogP contribution >= 0.6 is 0 Å². The lowest BCUT2D eigenvalue weighted by Crippen LogP contribution is -2.50. The minimum atomic E-state index is 0.230. The lowest BCUT2D eigenvalue weighted by Gasteiger charge is -2.36. The highest BCUT2D eigenvalue weighted by molar-refractivity contribution is 5.80. The van der Waals surface area contributed by atoms with E-state index in [0.717, 1.165) is 51.0 Å². The van der Waals surface area contributed by atoms with Gasteiger partial charge in [-0.05, 0) is 19.4 Å². The first-order valence-corrected chi connectivity index (χ1v) is 10.4. The van der Waals surface area contributed by atoms with Crippen LogP contribution < -0.4 is 5.32 Å². The number of aromatic nitrogens is 2. The van der Waals surface area contributed by atoms with Crippen molar-refractivity contribution in [3.8, 4) is 0 Å². The molecule has 0 aliphatic carbocycles. The fourth-order valence-corrected chi connectivity index (χ4v) is 4.52. The Morgan fingerprint density at radius 2 is 2.03 bits per heavy atom. The molecule has 0 spiro atoms. The van der Waals surface area contributed by atoms with Crippen LogP contribution in [0.2, 0.25) is 0 Å². The number of nitrogens with one attached hydrogen (secondary N) is 1. The van der Waals surface area contributed by atoms with Crippen molar-refractivity contribution in [1.29, 1.82) is 0 Å². The van der Waals surface area contributed by atoms with Crippen molar-refractivity contribution >= 4 is 5.96 Å². The molecule has 7 nitrogen and oxygen atoms in total. The second-order valence-corrected chi connectivity index (χ2v) is 8.01. The van der Waals surface area contributed by atoms with E-state index in [1.807, 2.05) is 18.8 Å². The summed E-state index contributed by atoms with van der Waals surface area (Å²) in [7, 11) is 3.85. The zero-order valence-corrected chi connectivity index (χ0v) is 17.9. The molecule has 0 bridgehead atoms. The lowest BCUT2D eigenvalue weighted by molar-refractivity contribution is -0.0502. The van der Waals surface area contributed by atoms with Gasteiger partial charge in [-0.1, -0.05) is 30.3 Å². The Morgan fingerprint density at radius 3 is 2.72 bits per heavy atom. The van der Waals surface area contributed by atoms with Crippen LogP contribution in [0, 0.1) is 13.8 Å². The molecule has 2 unspecified atom stereocenters. The Morgan fingerprint density at radius 1 is 1.24 bits per heavy atom. The van der Waals surface area contributed by atoms with Crippen molar-refractivity contribution in [2.24, 2.45) is 12.0 Å². The highest BCUT2D eigenvalue weighted by atomic mass is 16.5. The summed E-state index contributed by atoms with van der Waals surface area (Å²) in [6.45, 7) is 9.46. The summed E-state index contributed by atoms with van der Waals surface area (Å²) >= 11 is 0. The van der Waals surface area contributed by atoms with Crippen LogP contribution in [0.4, 0.5) is 0 Å². The number of benzene rings is 1. The number of aliphatic imine (C=N–C) groups is 1. The third-order valence-electron chi connectivity index (χ3n) is 6.24. The quantitative estimate of drug-likeness (QED) is 0.630. The molecule has 156 valence electrons. The molecule has 0 radical (unpaired) electrons. The molecule has 7 heteroatoms. The largest absolute Gasteiger partial charge is 0.373 e. The maximum atomic E-state index is 6.12. The molecule has 2 aliphatic rings. The normalized spacial score (nSPS) is 22.8. The van der Waals surface area contributed by atoms with Gasteiger partial charge in [0, 0.05) is 58.1 Å². The molecular weight excluding hydrogens is 364 g/mol. The zero-order valence-electron chi connectivity index (χ0n) is 17.9. The monoisotopic (exact) mass is 396 g/mol. The molecule has 1 N–H and O–H groups in total. The van der Waals surface area contributed by atoms with Crippen LogP contribution in [0.15, 0.2) is 35.3 Å². The maximum Gasteiger partial charge on any atom is 0.194 e. The van der Waals surface area contributed by atoms with Gasteiger partial charge < -0.3 is 15.0 Å². The summed E-state index contributed by atoms with van der Waals surface area (Å²) in [4.78, 5) is 9.44. The molecule has 3 heterocycles. The zero-order chi connectivity index (χ0) is 20.4. The SMILES string of the molecule is CN=C(NCc1c(C)nn(C)c1C)N1CC2OCCN(Cc3ccccc3)C2C1. The number of guanidine groups is 1. The Labute approximate surface area is 173 Å². The second kappa shape index (κ2) is 8.55. The van der Waals surface area contributed by atoms with Crippen molar-refractivity contribution in [2.45, 2.75) is 39.1 Å². The molecule has 1 aromatic heterocycles. The minimum absolute atomic E-state index is 0.230. The lowest BCUT2D eigenvalue weighted by atomic mass is 10.1. The van der Waals surface area contributed by atoms with Gasteiger partial charge in [0.25, 0.3) is 0 Å². The Hall–Kier alpha value is -2.38. The van der Waals surface area contributed by atoms with E-state index in [0.29, 0.717) is 6.04 Å². The van der Waals surface area contributed by atoms with E-state index in [2.05, 4.69) is 69.4 Å². The molecular formula is C22H32N6O. The number of hydrogen-bond acceptors (Lipinski definition) is 4. The van der Waals surface area contributed by atoms with Gasteiger partial charge in [-0.15, -0.1) is 0 Å². The number of aryl methyl sites for hydroxylation is 2. The van der Waals surface area contributed by atoms with Crippen LogP contribution in [-0.2, 0) is 24.9 Å². The maximum absolute atomic E-state index is 6.12. The topological polar surface area (TPSA) is 57.9 Å². The highest BCUT2D eigenvalue weighted by Gasteiger charge is 2.41. The number of hydrogen-bond donors (Lipinski definition) is 1. The van der Waals surface area contributed by atoms with E-state index < -0.39 is 0 Å². The summed E-state index contributed by atoms with van der Waals surface area (Å²) in [6.07, 6.45) is 0.230. The molecule has 0 saturated carbocycles. The number of fused-ring (bicyclic) bond motifs is 1. The average molecular weight is 397 g/mol. The van der Waals surface area contributed by atoms with Crippen LogP contribution in [0.3, 0.4) is 0 Å². The first-order chi connectivity index (χ1) is 14.1. The van der Waals surface area contributed by atoms with Gasteiger partial charge in [-0.25, -0.2) is 0 Å². The van der Waals surface area contributed by atoms with E-state index in [-0.39, 0.29) is 6.10 Å². The first-order valence-electron chi connectivity index (χ1n) is 10.4. The van der Waals surface area contributed by atoms with Crippen LogP contribution in [-0.4, -0.2) is 71.0 Å². The van der Waals surface area contributed by atoms with Gasteiger partial charge in [0.2, 0.25) is 0 Å². The molecule has 1 aromatic carbocycles.